The Kier molecular flexibility index (Phi) is 7.38. The van der Waals surface area contributed by atoms with Crippen molar-refractivity contribution in [3.63, 3.8) is 0 Å². The Morgan fingerprint density at radius 3 is 2.55 bits per heavy atom. The lowest BCUT2D eigenvalue weighted by molar-refractivity contribution is -0.124. The molecule has 1 aliphatic heterocycles. The van der Waals surface area contributed by atoms with Crippen LogP contribution in [-0.4, -0.2) is 52.3 Å². The first-order chi connectivity index (χ1) is 19.5. The monoisotopic (exact) mass is 542 g/mol. The van der Waals surface area contributed by atoms with E-state index < -0.39 is 5.97 Å². The highest BCUT2D eigenvalue weighted by Gasteiger charge is 2.39. The van der Waals surface area contributed by atoms with Crippen LogP contribution in [0.25, 0.3) is 28.2 Å². The van der Waals surface area contributed by atoms with Crippen molar-refractivity contribution in [2.24, 2.45) is 11.8 Å². The Morgan fingerprint density at radius 1 is 1.07 bits per heavy atom. The van der Waals surface area contributed by atoms with Gasteiger partial charge in [-0.05, 0) is 51.0 Å². The zero-order valence-electron chi connectivity index (χ0n) is 22.9. The summed E-state index contributed by atoms with van der Waals surface area (Å²) < 4.78 is 19.2. The summed E-state index contributed by atoms with van der Waals surface area (Å²) in [6.07, 6.45) is 8.01. The maximum absolute atomic E-state index is 14.0. The van der Waals surface area contributed by atoms with E-state index >= 15 is 0 Å². The first-order valence-corrected chi connectivity index (χ1v) is 14.1. The van der Waals surface area contributed by atoms with E-state index in [1.807, 2.05) is 42.6 Å². The van der Waals surface area contributed by atoms with Crippen LogP contribution >= 0.6 is 0 Å². The minimum Gasteiger partial charge on any atom is -0.462 e. The molecule has 40 heavy (non-hydrogen) atoms. The summed E-state index contributed by atoms with van der Waals surface area (Å²) in [6, 6.07) is 13.0. The molecule has 4 heterocycles. The summed E-state index contributed by atoms with van der Waals surface area (Å²) >= 11 is 0. The van der Waals surface area contributed by atoms with Crippen LogP contribution in [0, 0.1) is 11.8 Å². The van der Waals surface area contributed by atoms with E-state index in [4.69, 9.17) is 13.9 Å². The number of nitrogens with zero attached hydrogens (tertiary/aromatic N) is 4. The fourth-order valence-corrected chi connectivity index (χ4v) is 5.71. The number of amides is 1. The second kappa shape index (κ2) is 11.3. The second-order valence-electron chi connectivity index (χ2n) is 10.8. The molecule has 1 saturated carbocycles. The number of esters is 1. The fourth-order valence-electron chi connectivity index (χ4n) is 5.71. The van der Waals surface area contributed by atoms with Crippen molar-refractivity contribution in [1.29, 1.82) is 0 Å². The molecule has 9 heteroatoms. The summed E-state index contributed by atoms with van der Waals surface area (Å²) in [5.74, 6) is 0.773. The lowest BCUT2D eigenvalue weighted by Gasteiger charge is -2.33. The number of carbonyl (C=O) groups is 2. The number of carbonyl (C=O) groups excluding carboxylic acids is 2. The molecule has 2 aliphatic rings. The molecule has 1 saturated heterocycles. The highest BCUT2D eigenvalue weighted by atomic mass is 16.5. The molecule has 0 bridgehead atoms. The van der Waals surface area contributed by atoms with Gasteiger partial charge in [-0.3, -0.25) is 9.69 Å². The smallest absolute Gasteiger partial charge is 0.343 e. The summed E-state index contributed by atoms with van der Waals surface area (Å²) in [6.45, 7) is 5.21. The molecule has 9 nitrogen and oxygen atoms in total. The van der Waals surface area contributed by atoms with Gasteiger partial charge in [-0.1, -0.05) is 31.2 Å². The van der Waals surface area contributed by atoms with Crippen molar-refractivity contribution in [3.05, 3.63) is 60.4 Å². The molecule has 1 amide bonds. The van der Waals surface area contributed by atoms with Gasteiger partial charge < -0.3 is 13.9 Å². The van der Waals surface area contributed by atoms with Gasteiger partial charge in [0.25, 0.3) is 0 Å². The van der Waals surface area contributed by atoms with Crippen LogP contribution < -0.4 is 4.90 Å². The average Bonchev–Trinajstić information content (AvgIpc) is 3.74. The lowest BCUT2D eigenvalue weighted by Crippen LogP contribution is -2.45. The number of fused-ring (bicyclic) bond motifs is 1. The minimum absolute atomic E-state index is 0.00431. The standard InChI is InChI=1S/C31H34N4O5/c1-3-39-31(37)25-17-27(22-11-9-21(10-12-22)26-18-28-32-14-4-15-34(28)33-26)40-30(25)35(24-13-16-38-19-24)29(36)23-7-5-20(2)6-8-23/h4,9-12,14-15,17-18,20,23-24H,3,5-8,13,16,19H2,1-2H3. The fraction of sp³-hybridized carbons (Fsp3) is 0.419. The average molecular weight is 543 g/mol. The van der Waals surface area contributed by atoms with Crippen LogP contribution in [0.2, 0.25) is 0 Å². The number of hydrogen-bond acceptors (Lipinski definition) is 7. The minimum atomic E-state index is -0.504. The van der Waals surface area contributed by atoms with Gasteiger partial charge in [0.05, 0.1) is 24.9 Å². The molecule has 0 radical (unpaired) electrons. The predicted molar refractivity (Wildman–Crippen MR) is 150 cm³/mol. The molecule has 0 N–H and O–H groups in total. The molecule has 3 aromatic heterocycles. The van der Waals surface area contributed by atoms with Crippen LogP contribution in [-0.2, 0) is 14.3 Å². The molecule has 1 atom stereocenters. The highest BCUT2D eigenvalue weighted by molar-refractivity contribution is 6.03. The Bertz CT molecular complexity index is 1460. The van der Waals surface area contributed by atoms with Gasteiger partial charge in [0, 0.05) is 48.2 Å². The van der Waals surface area contributed by atoms with E-state index in [1.54, 1.807) is 28.6 Å². The van der Waals surface area contributed by atoms with E-state index in [0.29, 0.717) is 31.3 Å². The number of benzene rings is 1. The molecule has 0 spiro atoms. The van der Waals surface area contributed by atoms with Gasteiger partial charge in [-0.25, -0.2) is 14.3 Å². The number of ether oxygens (including phenoxy) is 2. The molecule has 6 rings (SSSR count). The van der Waals surface area contributed by atoms with Crippen LogP contribution in [0.4, 0.5) is 5.88 Å². The third kappa shape index (κ3) is 5.13. The van der Waals surface area contributed by atoms with E-state index in [-0.39, 0.29) is 35.9 Å². The SMILES string of the molecule is CCOC(=O)c1cc(-c2ccc(-c3cc4ncccn4n3)cc2)oc1N(C(=O)C1CCC(C)CC1)C1CCOC1. The number of rotatable bonds is 7. The van der Waals surface area contributed by atoms with Gasteiger partial charge in [0.2, 0.25) is 11.8 Å². The molecule has 1 aliphatic carbocycles. The maximum atomic E-state index is 14.0. The quantitative estimate of drug-likeness (QED) is 0.273. The first kappa shape index (κ1) is 26.3. The topological polar surface area (TPSA) is 99.2 Å². The Hall–Kier alpha value is -3.98. The van der Waals surface area contributed by atoms with E-state index in [9.17, 15) is 9.59 Å². The predicted octanol–water partition coefficient (Wildman–Crippen LogP) is 5.78. The highest BCUT2D eigenvalue weighted by Crippen LogP contribution is 2.38. The van der Waals surface area contributed by atoms with Crippen molar-refractivity contribution in [2.75, 3.05) is 24.7 Å². The molecule has 208 valence electrons. The van der Waals surface area contributed by atoms with Gasteiger partial charge in [-0.15, -0.1) is 0 Å². The zero-order chi connectivity index (χ0) is 27.6. The van der Waals surface area contributed by atoms with Gasteiger partial charge in [-0.2, -0.15) is 5.10 Å². The molecule has 1 unspecified atom stereocenters. The molecular formula is C31H34N4O5. The summed E-state index contributed by atoms with van der Waals surface area (Å²) in [4.78, 5) is 33.2. The van der Waals surface area contributed by atoms with E-state index in [2.05, 4.69) is 17.0 Å². The van der Waals surface area contributed by atoms with Crippen LogP contribution in [0.1, 0.15) is 56.3 Å². The number of hydrogen-bond donors (Lipinski definition) is 0. The zero-order valence-corrected chi connectivity index (χ0v) is 22.9. The first-order valence-electron chi connectivity index (χ1n) is 14.1. The summed E-state index contributed by atoms with van der Waals surface area (Å²) in [5.41, 5.74) is 3.54. The molecular weight excluding hydrogens is 508 g/mol. The van der Waals surface area contributed by atoms with E-state index in [1.165, 1.54) is 0 Å². The third-order valence-corrected chi connectivity index (χ3v) is 8.00. The summed E-state index contributed by atoms with van der Waals surface area (Å²) in [7, 11) is 0. The Morgan fingerprint density at radius 2 is 1.85 bits per heavy atom. The normalized spacial score (nSPS) is 21.0. The Labute approximate surface area is 233 Å². The van der Waals surface area contributed by atoms with Crippen molar-refractivity contribution < 1.29 is 23.5 Å². The summed E-state index contributed by atoms with van der Waals surface area (Å²) in [5, 5.41) is 4.60. The van der Waals surface area contributed by atoms with Crippen LogP contribution in [0.3, 0.4) is 0 Å². The van der Waals surface area contributed by atoms with Crippen molar-refractivity contribution in [2.45, 2.75) is 52.0 Å². The lowest BCUT2D eigenvalue weighted by atomic mass is 9.82. The number of aromatic nitrogens is 3. The Balaban J connectivity index is 1.35. The van der Waals surface area contributed by atoms with Gasteiger partial charge in [0.1, 0.15) is 11.3 Å². The third-order valence-electron chi connectivity index (χ3n) is 8.00. The maximum Gasteiger partial charge on any atom is 0.343 e. The molecule has 1 aromatic carbocycles. The van der Waals surface area contributed by atoms with Crippen molar-refractivity contribution in [1.82, 2.24) is 14.6 Å². The largest absolute Gasteiger partial charge is 0.462 e. The number of furan rings is 1. The van der Waals surface area contributed by atoms with E-state index in [0.717, 1.165) is 48.2 Å². The molecule has 4 aromatic rings. The van der Waals surface area contributed by atoms with Crippen molar-refractivity contribution in [3.8, 4) is 22.6 Å². The van der Waals surface area contributed by atoms with Gasteiger partial charge >= 0.3 is 5.97 Å². The second-order valence-corrected chi connectivity index (χ2v) is 10.8. The molecule has 2 fully saturated rings. The van der Waals surface area contributed by atoms with Crippen LogP contribution in [0.15, 0.2) is 59.3 Å². The van der Waals surface area contributed by atoms with Crippen LogP contribution in [0.5, 0.6) is 0 Å². The van der Waals surface area contributed by atoms with Crippen molar-refractivity contribution >= 4 is 23.4 Å². The van der Waals surface area contributed by atoms with Gasteiger partial charge in [0.15, 0.2) is 5.65 Å². The number of anilines is 1.